The zero-order valence-electron chi connectivity index (χ0n) is 47.7. The summed E-state index contributed by atoms with van der Waals surface area (Å²) in [7, 11) is 0. The fourth-order valence-corrected chi connectivity index (χ4v) is 12.4. The highest BCUT2D eigenvalue weighted by Gasteiger charge is 2.59. The second-order valence-electron chi connectivity index (χ2n) is 22.2. The SMILES string of the molecule is C/C=N\C(=C/C)CC(=O)NCCSCC1O[C@@H]2O[C@@H]3C(CO)O[C@@H](O[C@@H]4C(CO)O[C@@H](O[C@@H]5C(C)O[C@@H](O[C@@H]6C(CO)O[C@H](O[C@@H]7C(CO)O[C@H](O[C@@H]8C(CO)O[C@H](O[C@H]1[C@H](O)C2O)C(O)[C@H]8O)[C@@H](O)C7O)[C@@H](O)C6O)[C@@H](O)C5O)[C@@H](O)C4O)[C@@H](O)C3O. The van der Waals surface area contributed by atoms with E-state index in [0.29, 0.717) is 5.70 Å². The lowest BCUT2D eigenvalue weighted by atomic mass is 9.95. The van der Waals surface area contributed by atoms with E-state index in [-0.39, 0.29) is 30.4 Å². The molecular weight excluding hydrogens is 1220 g/mol. The van der Waals surface area contributed by atoms with Crippen molar-refractivity contribution >= 4 is 23.9 Å². The molecule has 21 aliphatic heterocycles. The Kier molecular flexibility index (Phi) is 26.0. The van der Waals surface area contributed by atoms with Gasteiger partial charge < -0.3 is 169 Å². The van der Waals surface area contributed by atoms with Gasteiger partial charge >= 0.3 is 0 Å². The summed E-state index contributed by atoms with van der Waals surface area (Å²) < 4.78 is 81.8. The Morgan fingerprint density at radius 3 is 0.932 bits per heavy atom. The predicted molar refractivity (Wildman–Crippen MR) is 283 cm³/mol. The molecule has 21 aliphatic rings. The molecule has 1 amide bonds. The second-order valence-corrected chi connectivity index (χ2v) is 23.4. The molecular formula is C51H84N2O34S. The van der Waals surface area contributed by atoms with Gasteiger partial charge in [-0.2, -0.15) is 11.8 Å². The lowest BCUT2D eigenvalue weighted by Gasteiger charge is -2.50. The van der Waals surface area contributed by atoms with Gasteiger partial charge in [-0.15, -0.1) is 0 Å². The van der Waals surface area contributed by atoms with E-state index in [1.165, 1.54) is 13.1 Å². The Hall–Kier alpha value is -2.09. The summed E-state index contributed by atoms with van der Waals surface area (Å²) in [6.45, 7) is -0.334. The Morgan fingerprint density at radius 1 is 0.386 bits per heavy atom. The molecule has 21 rings (SSSR count). The van der Waals surface area contributed by atoms with Crippen LogP contribution in [0.1, 0.15) is 27.2 Å². The molecule has 0 aliphatic carbocycles. The van der Waals surface area contributed by atoms with Crippen LogP contribution in [0.2, 0.25) is 0 Å². The summed E-state index contributed by atoms with van der Waals surface area (Å²) in [5.41, 5.74) is 0.501. The summed E-state index contributed by atoms with van der Waals surface area (Å²) in [5.74, 6) is -0.390. The van der Waals surface area contributed by atoms with Crippen LogP contribution < -0.4 is 5.32 Å². The summed E-state index contributed by atoms with van der Waals surface area (Å²) in [6, 6.07) is 0. The van der Waals surface area contributed by atoms with E-state index in [9.17, 15) is 102 Å². The molecule has 0 aromatic rings. The maximum atomic E-state index is 12.7. The molecule has 88 heavy (non-hydrogen) atoms. The van der Waals surface area contributed by atoms with Crippen LogP contribution in [0, 0.1) is 0 Å². The molecule has 0 radical (unpaired) electrons. The van der Waals surface area contributed by atoms with Crippen LogP contribution in [0.15, 0.2) is 16.8 Å². The third kappa shape index (κ3) is 15.5. The molecule has 14 unspecified atom stereocenters. The number of carbonyl (C=O) groups excluding carboxylic acids is 1. The van der Waals surface area contributed by atoms with Crippen LogP contribution in [0.25, 0.3) is 0 Å². The smallest absolute Gasteiger partial charge is 0.226 e. The van der Waals surface area contributed by atoms with Gasteiger partial charge in [0.2, 0.25) is 5.91 Å². The van der Waals surface area contributed by atoms with Crippen LogP contribution in [-0.4, -0.2) is 375 Å². The normalized spacial score (nSPS) is 50.2. The molecule has 21 saturated heterocycles. The number of aliphatic hydroxyl groups excluding tert-OH is 19. The summed E-state index contributed by atoms with van der Waals surface area (Å²) in [6.07, 6.45) is -64.7. The molecule has 20 N–H and O–H groups in total. The average Bonchev–Trinajstić information content (AvgIpc) is 1.21. The third-order valence-electron chi connectivity index (χ3n) is 16.4. The van der Waals surface area contributed by atoms with Crippen LogP contribution in [0.3, 0.4) is 0 Å². The Labute approximate surface area is 506 Å². The zero-order chi connectivity index (χ0) is 64.2. The van der Waals surface area contributed by atoms with E-state index in [0.717, 1.165) is 11.8 Å². The minimum atomic E-state index is -2.20. The molecule has 35 atom stereocenters. The Morgan fingerprint density at radius 2 is 0.648 bits per heavy atom. The van der Waals surface area contributed by atoms with Gasteiger partial charge in [-0.25, -0.2) is 0 Å². The first-order valence-electron chi connectivity index (χ1n) is 28.7. The van der Waals surface area contributed by atoms with Crippen LogP contribution in [-0.2, 0) is 71.1 Å². The van der Waals surface area contributed by atoms with Crippen molar-refractivity contribution in [2.24, 2.45) is 4.99 Å². The number of nitrogens with zero attached hydrogens (tertiary/aromatic N) is 1. The second kappa shape index (κ2) is 31.9. The first-order chi connectivity index (χ1) is 41.9. The van der Waals surface area contributed by atoms with Gasteiger partial charge in [-0.1, -0.05) is 6.08 Å². The summed E-state index contributed by atoms with van der Waals surface area (Å²) in [5, 5.41) is 216. The predicted octanol–water partition coefficient (Wildman–Crippen LogP) is -12.0. The summed E-state index contributed by atoms with van der Waals surface area (Å²) >= 11 is 1.10. The van der Waals surface area contributed by atoms with Crippen molar-refractivity contribution in [2.45, 2.75) is 242 Å². The number of rotatable bonds is 13. The number of aliphatic imine (C=N–C) groups is 1. The highest BCUT2D eigenvalue weighted by molar-refractivity contribution is 7.99. The van der Waals surface area contributed by atoms with E-state index in [2.05, 4.69) is 10.3 Å². The molecule has 508 valence electrons. The first kappa shape index (κ1) is 71.8. The lowest BCUT2D eigenvalue weighted by Crippen LogP contribution is -2.68. The quantitative estimate of drug-likeness (QED) is 0.0601. The number of amides is 1. The van der Waals surface area contributed by atoms with Gasteiger partial charge in [0.05, 0.1) is 51.7 Å². The van der Waals surface area contributed by atoms with Gasteiger partial charge in [-0.3, -0.25) is 9.79 Å². The number of aliphatic hydroxyl groups is 19. The largest absolute Gasteiger partial charge is 0.394 e. The summed E-state index contributed by atoms with van der Waals surface area (Å²) in [4.78, 5) is 16.8. The highest BCUT2D eigenvalue weighted by Crippen LogP contribution is 2.39. The lowest BCUT2D eigenvalue weighted by molar-refractivity contribution is -0.395. The number of carbonyl (C=O) groups is 1. The highest BCUT2D eigenvalue weighted by atomic mass is 32.2. The fourth-order valence-electron chi connectivity index (χ4n) is 11.5. The van der Waals surface area contributed by atoms with Gasteiger partial charge in [0.1, 0.15) is 159 Å². The molecule has 0 spiro atoms. The number of allylic oxidation sites excluding steroid dienone is 1. The van der Waals surface area contributed by atoms with Crippen molar-refractivity contribution in [3.8, 4) is 0 Å². The first-order valence-corrected chi connectivity index (χ1v) is 29.8. The number of hydrogen-bond donors (Lipinski definition) is 20. The van der Waals surface area contributed by atoms with Crippen LogP contribution in [0.5, 0.6) is 0 Å². The Balaban J connectivity index is 1.07. The topological polar surface area (TPSA) is 555 Å². The standard InChI is InChI=1S/C51H84N2O34S/c1-4-16(52-5-2)8-23(59)53-6-7-88-14-22-44-30(66)37(73)51(80-22)86-43-21(13-58)78-49(35(71)28(43)64)83-40-18(10-55)75-46(32(68)25(40)61)81-38-15(3)74-45(31(67)24(38)60)82-39-17(9-54)76-47(33(69)26(39)62)84-41-19(11-56)77-48(34(70)27(41)63)85-42-20(12-57)79-50(87-44)36(72)29(42)65/h4-5,15,17-22,24-51,54-58,60-73H,6-14H2,1-3H3,(H,53,59)/b16-4-,52-5-/t15?,17?,18?,19?,20?,21?,22?,24?,25?,26?,27?,28?,29-,30-,31+,32+,33+,34+,35+,36?,37?,38-,39-,40-,41-,42-,43-,44-,45+,46+,47-,48-,49+,50-,51-/m1/s1. The maximum absolute atomic E-state index is 12.7. The van der Waals surface area contributed by atoms with Crippen molar-refractivity contribution in [2.75, 3.05) is 51.1 Å². The maximum Gasteiger partial charge on any atom is 0.226 e. The van der Waals surface area contributed by atoms with Crippen LogP contribution in [0.4, 0.5) is 0 Å². The molecule has 36 nitrogen and oxygen atoms in total. The number of nitrogens with one attached hydrogen (secondary N) is 1. The van der Waals surface area contributed by atoms with E-state index < -0.39 is 248 Å². The monoisotopic (exact) mass is 1300 g/mol. The van der Waals surface area contributed by atoms with Crippen molar-refractivity contribution in [3.05, 3.63) is 11.8 Å². The molecule has 0 saturated carbocycles. The van der Waals surface area contributed by atoms with E-state index in [1.807, 2.05) is 0 Å². The van der Waals surface area contributed by atoms with Gasteiger partial charge in [0.15, 0.2) is 44.0 Å². The van der Waals surface area contributed by atoms with E-state index in [1.54, 1.807) is 19.9 Å². The van der Waals surface area contributed by atoms with E-state index in [4.69, 9.17) is 66.3 Å². The molecule has 0 aromatic heterocycles. The van der Waals surface area contributed by atoms with Crippen LogP contribution >= 0.6 is 11.8 Å². The molecule has 21 fully saturated rings. The zero-order valence-corrected chi connectivity index (χ0v) is 48.5. The fraction of sp³-hybridized carbons (Fsp3) is 0.922. The van der Waals surface area contributed by atoms with E-state index >= 15 is 0 Å². The molecule has 37 heteroatoms. The van der Waals surface area contributed by atoms with Gasteiger partial charge in [0, 0.05) is 30.0 Å². The minimum absolute atomic E-state index is 0.0395. The molecule has 0 aromatic carbocycles. The van der Waals surface area contributed by atoms with Crippen molar-refractivity contribution < 1.29 is 168 Å². The number of thioether (sulfide) groups is 1. The van der Waals surface area contributed by atoms with Crippen molar-refractivity contribution in [3.63, 3.8) is 0 Å². The van der Waals surface area contributed by atoms with Crippen molar-refractivity contribution in [1.82, 2.24) is 5.32 Å². The molecule has 21 heterocycles. The van der Waals surface area contributed by atoms with Crippen molar-refractivity contribution in [1.29, 1.82) is 0 Å². The van der Waals surface area contributed by atoms with Gasteiger partial charge in [-0.05, 0) is 20.8 Å². The number of ether oxygens (including phenoxy) is 14. The third-order valence-corrected chi connectivity index (χ3v) is 17.4. The Bertz CT molecular complexity index is 2230. The van der Waals surface area contributed by atoms with Gasteiger partial charge in [0.25, 0.3) is 0 Å². The average molecular weight is 1300 g/mol. The minimum Gasteiger partial charge on any atom is -0.394 e. The molecule has 14 bridgehead atoms. The number of hydrogen-bond acceptors (Lipinski definition) is 36.